The molecule has 1 amide bonds. The van der Waals surface area contributed by atoms with Crippen LogP contribution in [0.4, 0.5) is 0 Å². The minimum absolute atomic E-state index is 0.0856. The fourth-order valence-electron chi connectivity index (χ4n) is 4.30. The smallest absolute Gasteiger partial charge is 0.238 e. The van der Waals surface area contributed by atoms with Crippen molar-refractivity contribution in [3.63, 3.8) is 0 Å². The third-order valence-corrected chi connectivity index (χ3v) is 8.35. The van der Waals surface area contributed by atoms with Crippen molar-refractivity contribution in [1.29, 1.82) is 0 Å². The molecule has 0 bridgehead atoms. The molecule has 2 aromatic carbocycles. The maximum absolute atomic E-state index is 13.6. The molecule has 4 rings (SSSR count). The summed E-state index contributed by atoms with van der Waals surface area (Å²) >= 11 is 1.72. The molecular weight excluding hydrogens is 464 g/mol. The van der Waals surface area contributed by atoms with Gasteiger partial charge in [0.05, 0.1) is 12.6 Å². The van der Waals surface area contributed by atoms with E-state index in [9.17, 15) is 13.2 Å². The van der Waals surface area contributed by atoms with E-state index >= 15 is 0 Å². The standard InChI is InChI=1S/C27H30N2O3S2/c1-21(2)19-28(34(31,32)18-15-22-9-5-3-6-10-22)20-26(30)29-16-13-25-24(14-17-33-25)27(29)23-11-7-4-8-12-23/h3-12,14-15,17-18,21,27H,13,16,19-20H2,1-2H3/b18-15+. The van der Waals surface area contributed by atoms with Crippen LogP contribution in [0.2, 0.25) is 0 Å². The van der Waals surface area contributed by atoms with Crippen LogP contribution >= 0.6 is 11.3 Å². The molecular formula is C27H30N2O3S2. The van der Waals surface area contributed by atoms with Gasteiger partial charge in [-0.3, -0.25) is 4.79 Å². The molecule has 5 nitrogen and oxygen atoms in total. The molecule has 1 aliphatic rings. The first-order valence-corrected chi connectivity index (χ1v) is 13.9. The van der Waals surface area contributed by atoms with Crippen molar-refractivity contribution in [2.24, 2.45) is 5.92 Å². The summed E-state index contributed by atoms with van der Waals surface area (Å²) in [5, 5.41) is 3.28. The molecule has 1 atom stereocenters. The molecule has 3 aromatic rings. The van der Waals surface area contributed by atoms with Crippen LogP contribution < -0.4 is 0 Å². The lowest BCUT2D eigenvalue weighted by Crippen LogP contribution is -2.47. The van der Waals surface area contributed by atoms with Gasteiger partial charge >= 0.3 is 0 Å². The van der Waals surface area contributed by atoms with Crippen molar-refractivity contribution in [3.05, 3.63) is 99.1 Å². The van der Waals surface area contributed by atoms with Gasteiger partial charge in [0.1, 0.15) is 0 Å². The molecule has 0 spiro atoms. The number of hydrogen-bond donors (Lipinski definition) is 0. The molecule has 178 valence electrons. The van der Waals surface area contributed by atoms with E-state index in [-0.39, 0.29) is 31.0 Å². The first-order chi connectivity index (χ1) is 16.3. The van der Waals surface area contributed by atoms with Crippen LogP contribution in [0.25, 0.3) is 6.08 Å². The highest BCUT2D eigenvalue weighted by Gasteiger charge is 2.34. The molecule has 1 aromatic heterocycles. The highest BCUT2D eigenvalue weighted by molar-refractivity contribution is 7.92. The zero-order valence-electron chi connectivity index (χ0n) is 19.5. The lowest BCUT2D eigenvalue weighted by atomic mass is 9.93. The molecule has 7 heteroatoms. The zero-order valence-corrected chi connectivity index (χ0v) is 21.1. The molecule has 1 unspecified atom stereocenters. The van der Waals surface area contributed by atoms with Gasteiger partial charge in [-0.05, 0) is 46.6 Å². The Kier molecular flexibility index (Phi) is 7.66. The van der Waals surface area contributed by atoms with Gasteiger partial charge in [-0.1, -0.05) is 74.5 Å². The van der Waals surface area contributed by atoms with E-state index in [1.807, 2.05) is 79.4 Å². The molecule has 1 aliphatic heterocycles. The molecule has 34 heavy (non-hydrogen) atoms. The van der Waals surface area contributed by atoms with Crippen LogP contribution in [0.1, 0.15) is 41.5 Å². The van der Waals surface area contributed by atoms with Gasteiger partial charge in [-0.15, -0.1) is 11.3 Å². The van der Waals surface area contributed by atoms with E-state index < -0.39 is 10.0 Å². The minimum Gasteiger partial charge on any atom is -0.330 e. The number of thiophene rings is 1. The summed E-state index contributed by atoms with van der Waals surface area (Å²) in [6, 6.07) is 21.2. The second-order valence-electron chi connectivity index (χ2n) is 8.89. The van der Waals surface area contributed by atoms with Gasteiger partial charge in [0.25, 0.3) is 0 Å². The van der Waals surface area contributed by atoms with Gasteiger partial charge in [0.2, 0.25) is 15.9 Å². The predicted molar refractivity (Wildman–Crippen MR) is 139 cm³/mol. The van der Waals surface area contributed by atoms with Gasteiger partial charge in [0, 0.05) is 23.4 Å². The Bertz CT molecular complexity index is 1240. The third kappa shape index (κ3) is 5.66. The van der Waals surface area contributed by atoms with Crippen molar-refractivity contribution >= 4 is 33.3 Å². The van der Waals surface area contributed by atoms with Crippen LogP contribution in [0.3, 0.4) is 0 Å². The van der Waals surface area contributed by atoms with Gasteiger partial charge in [-0.25, -0.2) is 8.42 Å². The number of fused-ring (bicyclic) bond motifs is 1. The topological polar surface area (TPSA) is 57.7 Å². The molecule has 0 saturated heterocycles. The van der Waals surface area contributed by atoms with Crippen LogP contribution in [0.15, 0.2) is 77.5 Å². The van der Waals surface area contributed by atoms with Crippen molar-refractivity contribution in [2.75, 3.05) is 19.6 Å². The minimum atomic E-state index is -3.77. The maximum atomic E-state index is 13.6. The summed E-state index contributed by atoms with van der Waals surface area (Å²) in [6.07, 6.45) is 2.37. The Balaban J connectivity index is 1.60. The van der Waals surface area contributed by atoms with Crippen molar-refractivity contribution in [2.45, 2.75) is 26.3 Å². The third-order valence-electron chi connectivity index (χ3n) is 5.87. The van der Waals surface area contributed by atoms with Gasteiger partial charge in [-0.2, -0.15) is 4.31 Å². The number of amides is 1. The lowest BCUT2D eigenvalue weighted by molar-refractivity contribution is -0.133. The number of sulfonamides is 1. The average molecular weight is 495 g/mol. The summed E-state index contributed by atoms with van der Waals surface area (Å²) < 4.78 is 27.8. The van der Waals surface area contributed by atoms with Crippen molar-refractivity contribution in [3.8, 4) is 0 Å². The summed E-state index contributed by atoms with van der Waals surface area (Å²) in [4.78, 5) is 16.8. The first kappa shape index (κ1) is 24.4. The van der Waals surface area contributed by atoms with E-state index in [1.165, 1.54) is 14.6 Å². The predicted octanol–water partition coefficient (Wildman–Crippen LogP) is 5.18. The van der Waals surface area contributed by atoms with Gasteiger partial charge < -0.3 is 4.90 Å². The number of carbonyl (C=O) groups excluding carboxylic acids is 1. The van der Waals surface area contributed by atoms with Crippen molar-refractivity contribution in [1.82, 2.24) is 9.21 Å². The quantitative estimate of drug-likeness (QED) is 0.434. The normalized spacial score (nSPS) is 16.4. The summed E-state index contributed by atoms with van der Waals surface area (Å²) in [5.74, 6) is -0.0921. The molecule has 0 N–H and O–H groups in total. The van der Waals surface area contributed by atoms with Crippen LogP contribution in [0, 0.1) is 5.92 Å². The highest BCUT2D eigenvalue weighted by atomic mass is 32.2. The fourth-order valence-corrected chi connectivity index (χ4v) is 6.50. The second-order valence-corrected chi connectivity index (χ2v) is 11.7. The van der Waals surface area contributed by atoms with Crippen LogP contribution in [-0.4, -0.2) is 43.2 Å². The van der Waals surface area contributed by atoms with Gasteiger partial charge in [0.15, 0.2) is 0 Å². The zero-order chi connectivity index (χ0) is 24.1. The van der Waals surface area contributed by atoms with E-state index in [4.69, 9.17) is 0 Å². The number of hydrogen-bond acceptors (Lipinski definition) is 4. The Labute approximate surface area is 206 Å². The highest BCUT2D eigenvalue weighted by Crippen LogP contribution is 2.37. The van der Waals surface area contributed by atoms with Crippen molar-refractivity contribution < 1.29 is 13.2 Å². The van der Waals surface area contributed by atoms with Crippen LogP contribution in [-0.2, 0) is 21.2 Å². The summed E-state index contributed by atoms with van der Waals surface area (Å²) in [5.41, 5.74) is 2.97. The maximum Gasteiger partial charge on any atom is 0.238 e. The SMILES string of the molecule is CC(C)CN(CC(=O)N1CCc2sccc2C1c1ccccc1)S(=O)(=O)/C=C/c1ccccc1. The average Bonchev–Trinajstić information content (AvgIpc) is 3.31. The second kappa shape index (κ2) is 10.7. The van der Waals surface area contributed by atoms with Crippen LogP contribution in [0.5, 0.6) is 0 Å². The molecule has 2 heterocycles. The van der Waals surface area contributed by atoms with E-state index in [1.54, 1.807) is 17.4 Å². The van der Waals surface area contributed by atoms with E-state index in [0.717, 1.165) is 23.1 Å². The summed E-state index contributed by atoms with van der Waals surface area (Å²) in [7, 11) is -3.77. The Hall–Kier alpha value is -2.74. The number of nitrogens with zero attached hydrogens (tertiary/aromatic N) is 2. The fraction of sp³-hybridized carbons (Fsp3) is 0.296. The first-order valence-electron chi connectivity index (χ1n) is 11.5. The number of benzene rings is 2. The molecule has 0 fully saturated rings. The largest absolute Gasteiger partial charge is 0.330 e. The van der Waals surface area contributed by atoms with E-state index in [2.05, 4.69) is 11.4 Å². The molecule has 0 saturated carbocycles. The lowest BCUT2D eigenvalue weighted by Gasteiger charge is -2.37. The monoisotopic (exact) mass is 494 g/mol. The number of rotatable bonds is 8. The molecule has 0 radical (unpaired) electrons. The Morgan fingerprint density at radius 1 is 1.09 bits per heavy atom. The Morgan fingerprint density at radius 2 is 1.76 bits per heavy atom. The van der Waals surface area contributed by atoms with E-state index in [0.29, 0.717) is 6.54 Å². The Morgan fingerprint density at radius 3 is 2.44 bits per heavy atom. The number of carbonyl (C=O) groups is 1. The molecule has 0 aliphatic carbocycles. The summed E-state index contributed by atoms with van der Waals surface area (Å²) in [6.45, 7) is 4.59.